The Hall–Kier alpha value is -3.00. The van der Waals surface area contributed by atoms with Crippen LogP contribution in [0.2, 0.25) is 0 Å². The molecule has 1 atom stereocenters. The Morgan fingerprint density at radius 2 is 1.86 bits per heavy atom. The highest BCUT2D eigenvalue weighted by molar-refractivity contribution is 7.22. The minimum absolute atomic E-state index is 0.0286. The number of fused-ring (bicyclic) bond motifs is 1. The lowest BCUT2D eigenvalue weighted by atomic mass is 9.91. The van der Waals surface area contributed by atoms with Gasteiger partial charge in [0.25, 0.3) is 0 Å². The molecule has 2 amide bonds. The topological polar surface area (TPSA) is 87.2 Å². The van der Waals surface area contributed by atoms with Crippen LogP contribution in [0.15, 0.2) is 30.3 Å². The summed E-state index contributed by atoms with van der Waals surface area (Å²) in [4.78, 5) is 36.4. The minimum atomic E-state index is -0.318. The summed E-state index contributed by atoms with van der Waals surface area (Å²) in [5.74, 6) is 1.24. The Morgan fingerprint density at radius 3 is 2.53 bits per heavy atom. The quantitative estimate of drug-likeness (QED) is 0.453. The van der Waals surface area contributed by atoms with Crippen LogP contribution in [0.5, 0.6) is 0 Å². The summed E-state index contributed by atoms with van der Waals surface area (Å²) >= 11 is 1.41. The van der Waals surface area contributed by atoms with Gasteiger partial charge >= 0.3 is 0 Å². The van der Waals surface area contributed by atoms with E-state index in [1.165, 1.54) is 18.3 Å². The molecule has 1 aliphatic heterocycles. The largest absolute Gasteiger partial charge is 0.356 e. The van der Waals surface area contributed by atoms with Crippen molar-refractivity contribution in [3.63, 3.8) is 0 Å². The maximum Gasteiger partial charge on any atom is 0.227 e. The van der Waals surface area contributed by atoms with Crippen LogP contribution in [0.3, 0.4) is 0 Å². The summed E-state index contributed by atoms with van der Waals surface area (Å²) < 4.78 is 0.944. The number of thiazole rings is 1. The van der Waals surface area contributed by atoms with Gasteiger partial charge in [0.1, 0.15) is 5.82 Å². The highest BCUT2D eigenvalue weighted by Crippen LogP contribution is 2.31. The predicted molar refractivity (Wildman–Crippen MR) is 148 cm³/mol. The second-order valence-electron chi connectivity index (χ2n) is 11.0. The number of hydrogen-bond acceptors (Lipinski definition) is 6. The molecule has 2 aromatic heterocycles. The third-order valence-electron chi connectivity index (χ3n) is 6.85. The first-order valence-electron chi connectivity index (χ1n) is 12.7. The zero-order valence-electron chi connectivity index (χ0n) is 22.1. The van der Waals surface area contributed by atoms with E-state index in [1.807, 2.05) is 25.1 Å². The van der Waals surface area contributed by atoms with Crippen LogP contribution < -0.4 is 15.5 Å². The zero-order chi connectivity index (χ0) is 26.0. The highest BCUT2D eigenvalue weighted by atomic mass is 32.1. The number of amides is 2. The molecule has 1 fully saturated rings. The normalized spacial score (nSPS) is 15.7. The van der Waals surface area contributed by atoms with Gasteiger partial charge in [-0.2, -0.15) is 0 Å². The van der Waals surface area contributed by atoms with Crippen LogP contribution in [-0.2, 0) is 21.5 Å². The van der Waals surface area contributed by atoms with Gasteiger partial charge in [0.2, 0.25) is 11.8 Å². The second-order valence-corrected chi connectivity index (χ2v) is 12.0. The summed E-state index contributed by atoms with van der Waals surface area (Å²) in [6, 6.07) is 10.0. The number of carbonyl (C=O) groups excluding carboxylic acids is 2. The summed E-state index contributed by atoms with van der Waals surface area (Å²) in [5, 5.41) is 6.45. The van der Waals surface area contributed by atoms with E-state index in [0.717, 1.165) is 64.7 Å². The van der Waals surface area contributed by atoms with Gasteiger partial charge in [-0.05, 0) is 49.4 Å². The number of rotatable bonds is 6. The lowest BCUT2D eigenvalue weighted by Gasteiger charge is -2.33. The number of nitrogens with zero attached hydrogens (tertiary/aromatic N) is 3. The van der Waals surface area contributed by atoms with Crippen LogP contribution >= 0.6 is 11.3 Å². The van der Waals surface area contributed by atoms with Gasteiger partial charge in [-0.25, -0.2) is 9.97 Å². The second kappa shape index (κ2) is 10.5. The minimum Gasteiger partial charge on any atom is -0.356 e. The number of hydrogen-bond donors (Lipinski definition) is 2. The Balaban J connectivity index is 1.49. The van der Waals surface area contributed by atoms with Crippen molar-refractivity contribution in [2.24, 2.45) is 5.92 Å². The molecule has 3 heterocycles. The summed E-state index contributed by atoms with van der Waals surface area (Å²) in [7, 11) is 0. The molecule has 0 bridgehead atoms. The van der Waals surface area contributed by atoms with Crippen molar-refractivity contribution in [2.75, 3.05) is 23.3 Å². The highest BCUT2D eigenvalue weighted by Gasteiger charge is 2.24. The van der Waals surface area contributed by atoms with Crippen molar-refractivity contribution in [3.05, 3.63) is 47.2 Å². The van der Waals surface area contributed by atoms with E-state index in [-0.39, 0.29) is 23.1 Å². The molecule has 3 aromatic rings. The third-order valence-corrected chi connectivity index (χ3v) is 7.78. The fraction of sp³-hybridized carbons (Fsp3) is 0.500. The molecule has 8 heteroatoms. The number of piperidine rings is 1. The van der Waals surface area contributed by atoms with Gasteiger partial charge in [-0.3, -0.25) is 9.59 Å². The first kappa shape index (κ1) is 26.1. The molecule has 192 valence electrons. The third kappa shape index (κ3) is 6.03. The fourth-order valence-electron chi connectivity index (χ4n) is 4.43. The molecule has 36 heavy (non-hydrogen) atoms. The summed E-state index contributed by atoms with van der Waals surface area (Å²) in [6.07, 6.45) is 2.32. The van der Waals surface area contributed by atoms with Gasteiger partial charge in [0, 0.05) is 43.2 Å². The molecule has 1 aromatic carbocycles. The molecule has 7 nitrogen and oxygen atoms in total. The van der Waals surface area contributed by atoms with E-state index in [2.05, 4.69) is 60.3 Å². The van der Waals surface area contributed by atoms with Crippen LogP contribution in [0.4, 0.5) is 10.9 Å². The number of anilines is 2. The maximum absolute atomic E-state index is 13.1. The van der Waals surface area contributed by atoms with Crippen LogP contribution in [0.25, 0.3) is 10.2 Å². The number of nitrogens with one attached hydrogen (secondary N) is 2. The fourth-order valence-corrected chi connectivity index (χ4v) is 5.39. The Labute approximate surface area is 217 Å². The van der Waals surface area contributed by atoms with Crippen molar-refractivity contribution in [2.45, 2.75) is 72.3 Å². The van der Waals surface area contributed by atoms with E-state index in [0.29, 0.717) is 11.7 Å². The molecule has 1 saturated heterocycles. The molecular formula is C28H37N5O2S. The van der Waals surface area contributed by atoms with Crippen molar-refractivity contribution in [3.8, 4) is 0 Å². The van der Waals surface area contributed by atoms with E-state index >= 15 is 0 Å². The zero-order valence-corrected chi connectivity index (χ0v) is 23.0. The number of benzene rings is 1. The van der Waals surface area contributed by atoms with Gasteiger partial charge < -0.3 is 15.5 Å². The molecule has 0 aliphatic carbocycles. The predicted octanol–water partition coefficient (Wildman–Crippen LogP) is 5.60. The van der Waals surface area contributed by atoms with Crippen LogP contribution in [0, 0.1) is 5.92 Å². The van der Waals surface area contributed by atoms with E-state index in [9.17, 15) is 9.59 Å². The maximum atomic E-state index is 13.1. The lowest BCUT2D eigenvalue weighted by Crippen LogP contribution is -2.36. The van der Waals surface area contributed by atoms with E-state index in [1.54, 1.807) is 0 Å². The number of pyridine rings is 1. The van der Waals surface area contributed by atoms with E-state index in [4.69, 9.17) is 4.98 Å². The lowest BCUT2D eigenvalue weighted by molar-refractivity contribution is -0.122. The van der Waals surface area contributed by atoms with Gasteiger partial charge in [0.15, 0.2) is 5.13 Å². The van der Waals surface area contributed by atoms with Crippen molar-refractivity contribution in [1.82, 2.24) is 15.3 Å². The molecule has 0 radical (unpaired) electrons. The molecule has 0 spiro atoms. The Bertz CT molecular complexity index is 1250. The molecule has 1 unspecified atom stereocenters. The van der Waals surface area contributed by atoms with Gasteiger partial charge in [-0.15, -0.1) is 0 Å². The van der Waals surface area contributed by atoms with Crippen molar-refractivity contribution >= 4 is 44.3 Å². The average Bonchev–Trinajstić information content (AvgIpc) is 3.22. The molecule has 2 N–H and O–H groups in total. The monoisotopic (exact) mass is 507 g/mol. The molecule has 1 aliphatic rings. The molecular weight excluding hydrogens is 470 g/mol. The SMILES string of the molecule is CC(=O)Nc1nc2ccc(C(C)C(=O)NCc3ccc(C(C)(C)C)nc3N3CCC(C)CC3)cc2s1. The molecule has 4 rings (SSSR count). The Morgan fingerprint density at radius 1 is 1.14 bits per heavy atom. The van der Waals surface area contributed by atoms with Crippen LogP contribution in [-0.4, -0.2) is 34.9 Å². The van der Waals surface area contributed by atoms with Crippen molar-refractivity contribution in [1.29, 1.82) is 0 Å². The first-order chi connectivity index (χ1) is 17.0. The first-order valence-corrected chi connectivity index (χ1v) is 13.5. The van der Waals surface area contributed by atoms with Crippen molar-refractivity contribution < 1.29 is 9.59 Å². The average molecular weight is 508 g/mol. The number of carbonyl (C=O) groups is 2. The number of aromatic nitrogens is 2. The smallest absolute Gasteiger partial charge is 0.227 e. The summed E-state index contributed by atoms with van der Waals surface area (Å²) in [5.41, 5.74) is 3.81. The van der Waals surface area contributed by atoms with Crippen LogP contribution in [0.1, 0.15) is 77.1 Å². The van der Waals surface area contributed by atoms with Gasteiger partial charge in [0.05, 0.1) is 16.1 Å². The standard InChI is InChI=1S/C28H37N5O2S/c1-17-11-13-33(14-12-17)25-21(8-10-24(32-25)28(4,5)6)16-29-26(35)18(2)20-7-9-22-23(15-20)36-27(31-22)30-19(3)34/h7-10,15,17-18H,11-14,16H2,1-6H3,(H,29,35)(H,30,31,34). The van der Waals surface area contributed by atoms with E-state index < -0.39 is 0 Å². The summed E-state index contributed by atoms with van der Waals surface area (Å²) in [6.45, 7) is 14.7. The van der Waals surface area contributed by atoms with Gasteiger partial charge in [-0.1, -0.05) is 51.2 Å². The molecule has 0 saturated carbocycles. The Kier molecular flexibility index (Phi) is 7.64.